The topological polar surface area (TPSA) is 59.6 Å². The number of amides is 1. The van der Waals surface area contributed by atoms with Crippen molar-refractivity contribution in [3.63, 3.8) is 0 Å². The highest BCUT2D eigenvalue weighted by Gasteiger charge is 2.30. The molecule has 0 radical (unpaired) electrons. The Morgan fingerprint density at radius 3 is 2.52 bits per heavy atom. The highest BCUT2D eigenvalue weighted by atomic mass is 16.2. The van der Waals surface area contributed by atoms with Gasteiger partial charge in [0, 0.05) is 36.1 Å². The zero-order chi connectivity index (χ0) is 21.4. The molecule has 0 spiro atoms. The number of hydrogen-bond acceptors (Lipinski definition) is 4. The van der Waals surface area contributed by atoms with E-state index >= 15 is 0 Å². The first-order valence-corrected chi connectivity index (χ1v) is 12.0. The number of H-pyrrole nitrogens is 1. The van der Waals surface area contributed by atoms with Crippen LogP contribution in [-0.2, 0) is 17.8 Å². The van der Waals surface area contributed by atoms with Gasteiger partial charge in [-0.1, -0.05) is 25.1 Å². The van der Waals surface area contributed by atoms with Crippen molar-refractivity contribution in [3.05, 3.63) is 45.9 Å². The smallest absolute Gasteiger partial charge is 0.256 e. The van der Waals surface area contributed by atoms with Gasteiger partial charge < -0.3 is 19.7 Å². The van der Waals surface area contributed by atoms with Crippen molar-refractivity contribution in [2.24, 2.45) is 5.92 Å². The number of rotatable bonds is 4. The monoisotopic (exact) mass is 422 g/mol. The fraction of sp³-hybridized carbons (Fsp3) is 0.600. The fourth-order valence-electron chi connectivity index (χ4n) is 5.86. The number of likely N-dealkylation sites (tertiary alicyclic amines) is 2. The van der Waals surface area contributed by atoms with Gasteiger partial charge in [-0.25, -0.2) is 0 Å². The van der Waals surface area contributed by atoms with Crippen LogP contribution in [0.1, 0.15) is 43.9 Å². The van der Waals surface area contributed by atoms with E-state index < -0.39 is 0 Å². The van der Waals surface area contributed by atoms with Crippen LogP contribution in [0.5, 0.6) is 0 Å². The Balaban J connectivity index is 1.20. The number of aromatic nitrogens is 1. The van der Waals surface area contributed by atoms with Crippen molar-refractivity contribution in [2.45, 2.75) is 51.6 Å². The van der Waals surface area contributed by atoms with Crippen LogP contribution in [0.2, 0.25) is 0 Å². The van der Waals surface area contributed by atoms with E-state index in [1.165, 1.54) is 44.3 Å². The molecule has 6 nitrogen and oxygen atoms in total. The van der Waals surface area contributed by atoms with Crippen molar-refractivity contribution >= 4 is 16.7 Å². The third-order valence-corrected chi connectivity index (χ3v) is 7.59. The Morgan fingerprint density at radius 2 is 1.77 bits per heavy atom. The van der Waals surface area contributed by atoms with Gasteiger partial charge in [-0.2, -0.15) is 0 Å². The Labute approximate surface area is 184 Å². The average Bonchev–Trinajstić information content (AvgIpc) is 3.34. The van der Waals surface area contributed by atoms with Crippen LogP contribution in [0.25, 0.3) is 10.8 Å². The molecular weight excluding hydrogens is 388 g/mol. The first kappa shape index (κ1) is 20.7. The minimum atomic E-state index is -0.0578. The molecule has 1 amide bonds. The van der Waals surface area contributed by atoms with E-state index in [9.17, 15) is 9.59 Å². The Bertz CT molecular complexity index is 1000. The Morgan fingerprint density at radius 1 is 1.06 bits per heavy atom. The lowest BCUT2D eigenvalue weighted by Crippen LogP contribution is -2.47. The largest absolute Gasteiger partial charge is 0.336 e. The molecule has 0 bridgehead atoms. The lowest BCUT2D eigenvalue weighted by Gasteiger charge is -2.38. The Hall–Kier alpha value is -2.18. The summed E-state index contributed by atoms with van der Waals surface area (Å²) in [7, 11) is 0. The van der Waals surface area contributed by atoms with Crippen molar-refractivity contribution in [1.29, 1.82) is 0 Å². The summed E-state index contributed by atoms with van der Waals surface area (Å²) in [4.78, 5) is 35.8. The molecule has 31 heavy (non-hydrogen) atoms. The summed E-state index contributed by atoms with van der Waals surface area (Å²) in [6.45, 7) is 8.87. The van der Waals surface area contributed by atoms with Crippen LogP contribution in [0.3, 0.4) is 0 Å². The van der Waals surface area contributed by atoms with Gasteiger partial charge in [-0.05, 0) is 75.3 Å². The molecule has 1 atom stereocenters. The fourth-order valence-corrected chi connectivity index (χ4v) is 5.86. The van der Waals surface area contributed by atoms with Crippen LogP contribution >= 0.6 is 0 Å². The lowest BCUT2D eigenvalue weighted by atomic mass is 9.97. The number of aromatic amines is 1. The van der Waals surface area contributed by atoms with Gasteiger partial charge in [-0.3, -0.25) is 9.59 Å². The van der Waals surface area contributed by atoms with Gasteiger partial charge in [0.25, 0.3) is 5.56 Å². The van der Waals surface area contributed by atoms with E-state index in [0.717, 1.165) is 55.1 Å². The molecule has 1 unspecified atom stereocenters. The highest BCUT2D eigenvalue weighted by Crippen LogP contribution is 2.26. The molecule has 5 rings (SSSR count). The van der Waals surface area contributed by atoms with Crippen molar-refractivity contribution < 1.29 is 4.79 Å². The molecule has 166 valence electrons. The van der Waals surface area contributed by atoms with Crippen LogP contribution in [0.15, 0.2) is 29.1 Å². The highest BCUT2D eigenvalue weighted by molar-refractivity contribution is 5.86. The SMILES string of the molecule is CC(CN1CCC(N2CCCC2)CC1)C(=O)N1CCc2c([nH]c(=O)c3ccccc23)C1. The van der Waals surface area contributed by atoms with E-state index in [-0.39, 0.29) is 17.4 Å². The minimum Gasteiger partial charge on any atom is -0.336 e. The molecular formula is C25H34N4O2. The summed E-state index contributed by atoms with van der Waals surface area (Å²) < 4.78 is 0. The minimum absolute atomic E-state index is 0.0166. The average molecular weight is 423 g/mol. The predicted molar refractivity (Wildman–Crippen MR) is 123 cm³/mol. The predicted octanol–water partition coefficient (Wildman–Crippen LogP) is 2.61. The molecule has 0 aliphatic carbocycles. The van der Waals surface area contributed by atoms with Gasteiger partial charge >= 0.3 is 0 Å². The lowest BCUT2D eigenvalue weighted by molar-refractivity contribution is -0.136. The van der Waals surface area contributed by atoms with Crippen LogP contribution in [0, 0.1) is 5.92 Å². The van der Waals surface area contributed by atoms with Crippen LogP contribution < -0.4 is 5.56 Å². The van der Waals surface area contributed by atoms with Crippen molar-refractivity contribution in [3.8, 4) is 0 Å². The standard InChI is InChI=1S/C25H34N4O2/c1-18(16-27-13-8-19(9-14-27)28-11-4-5-12-28)25(31)29-15-10-21-20-6-2-3-7-22(20)24(30)26-23(21)17-29/h2-3,6-7,18-19H,4-5,8-17H2,1H3,(H,26,30). The Kier molecular flexibility index (Phi) is 5.85. The summed E-state index contributed by atoms with van der Waals surface area (Å²) in [5, 5.41) is 1.77. The van der Waals surface area contributed by atoms with E-state index in [1.54, 1.807) is 0 Å². The van der Waals surface area contributed by atoms with Gasteiger partial charge in [-0.15, -0.1) is 0 Å². The van der Waals surface area contributed by atoms with Gasteiger partial charge in [0.15, 0.2) is 0 Å². The molecule has 3 aliphatic heterocycles. The summed E-state index contributed by atoms with van der Waals surface area (Å²) >= 11 is 0. The molecule has 2 fully saturated rings. The van der Waals surface area contributed by atoms with Crippen molar-refractivity contribution in [1.82, 2.24) is 19.7 Å². The quantitative estimate of drug-likeness (QED) is 0.823. The van der Waals surface area contributed by atoms with Gasteiger partial charge in [0.05, 0.1) is 6.54 Å². The van der Waals surface area contributed by atoms with E-state index in [0.29, 0.717) is 6.54 Å². The zero-order valence-electron chi connectivity index (χ0n) is 18.6. The third kappa shape index (κ3) is 4.15. The molecule has 2 saturated heterocycles. The number of carbonyl (C=O) groups excluding carboxylic acids is 1. The molecule has 1 N–H and O–H groups in total. The number of carbonyl (C=O) groups is 1. The number of nitrogens with one attached hydrogen (secondary N) is 1. The second-order valence-corrected chi connectivity index (χ2v) is 9.64. The summed E-state index contributed by atoms with van der Waals surface area (Å²) in [5.41, 5.74) is 2.04. The number of nitrogens with zero attached hydrogens (tertiary/aromatic N) is 3. The number of hydrogen-bond donors (Lipinski definition) is 1. The number of benzene rings is 1. The second-order valence-electron chi connectivity index (χ2n) is 9.64. The maximum Gasteiger partial charge on any atom is 0.256 e. The van der Waals surface area contributed by atoms with E-state index in [2.05, 4.69) is 21.7 Å². The number of fused-ring (bicyclic) bond motifs is 3. The number of pyridine rings is 1. The first-order chi connectivity index (χ1) is 15.1. The van der Waals surface area contributed by atoms with E-state index in [4.69, 9.17) is 0 Å². The summed E-state index contributed by atoms with van der Waals surface area (Å²) in [6.07, 6.45) is 5.96. The van der Waals surface area contributed by atoms with Crippen molar-refractivity contribution in [2.75, 3.05) is 39.3 Å². The second kappa shape index (κ2) is 8.75. The number of piperidine rings is 1. The first-order valence-electron chi connectivity index (χ1n) is 12.0. The van der Waals surface area contributed by atoms with Crippen LogP contribution in [-0.4, -0.2) is 70.9 Å². The molecule has 0 saturated carbocycles. The third-order valence-electron chi connectivity index (χ3n) is 7.59. The van der Waals surface area contributed by atoms with Crippen LogP contribution in [0.4, 0.5) is 0 Å². The molecule has 6 heteroatoms. The molecule has 4 heterocycles. The van der Waals surface area contributed by atoms with E-state index in [1.807, 2.05) is 29.2 Å². The maximum atomic E-state index is 13.2. The zero-order valence-corrected chi connectivity index (χ0v) is 18.6. The molecule has 1 aromatic carbocycles. The molecule has 2 aromatic rings. The molecule has 3 aliphatic rings. The molecule has 1 aromatic heterocycles. The maximum absolute atomic E-state index is 13.2. The summed E-state index contributed by atoms with van der Waals surface area (Å²) in [5.74, 6) is 0.193. The normalized spacial score (nSPS) is 22.0. The van der Waals surface area contributed by atoms with Gasteiger partial charge in [0.2, 0.25) is 5.91 Å². The van der Waals surface area contributed by atoms with Gasteiger partial charge in [0.1, 0.15) is 0 Å². The summed E-state index contributed by atoms with van der Waals surface area (Å²) in [6, 6.07) is 8.53.